The highest BCUT2D eigenvalue weighted by molar-refractivity contribution is 6.29. The predicted octanol–water partition coefficient (Wildman–Crippen LogP) is -0.0869. The highest BCUT2D eigenvalue weighted by atomic mass is 35.5. The lowest BCUT2D eigenvalue weighted by molar-refractivity contribution is -0.119. The van der Waals surface area contributed by atoms with E-state index in [0.717, 1.165) is 0 Å². The molecule has 2 atom stereocenters. The van der Waals surface area contributed by atoms with Crippen LogP contribution in [0.2, 0.25) is 5.15 Å². The third-order valence-corrected chi connectivity index (χ3v) is 2.82. The van der Waals surface area contributed by atoms with Gasteiger partial charge in [0.2, 0.25) is 5.91 Å². The first kappa shape index (κ1) is 13.7. The first-order valence-corrected chi connectivity index (χ1v) is 5.97. The molecule has 8 heteroatoms. The number of nitrogens with one attached hydrogen (secondary N) is 1. The molecule has 0 radical (unpaired) electrons. The van der Waals surface area contributed by atoms with E-state index >= 15 is 0 Å². The molecule has 0 aliphatic carbocycles. The molecular formula is C11H13ClN4O3. The summed E-state index contributed by atoms with van der Waals surface area (Å²) in [4.78, 5) is 14.8. The van der Waals surface area contributed by atoms with Crippen LogP contribution in [0.5, 0.6) is 0 Å². The molecule has 0 saturated heterocycles. The number of carbonyl (C=O) groups excluding carboxylic acids is 1. The third-order valence-electron chi connectivity index (χ3n) is 2.61. The van der Waals surface area contributed by atoms with Crippen molar-refractivity contribution in [1.82, 2.24) is 19.9 Å². The minimum atomic E-state index is -1.21. The lowest BCUT2D eigenvalue weighted by Gasteiger charge is -2.16. The SMILES string of the molecule is CC(=O)NCC(O)C(O)c1cnn2ccc(Cl)nc12. The second kappa shape index (κ2) is 5.52. The summed E-state index contributed by atoms with van der Waals surface area (Å²) in [5.74, 6) is -0.285. The maximum absolute atomic E-state index is 10.8. The summed E-state index contributed by atoms with van der Waals surface area (Å²) in [5, 5.41) is 26.5. The molecule has 2 unspecified atom stereocenters. The lowest BCUT2D eigenvalue weighted by Crippen LogP contribution is -2.34. The molecule has 19 heavy (non-hydrogen) atoms. The van der Waals surface area contributed by atoms with Crippen LogP contribution in [0, 0.1) is 0 Å². The number of amides is 1. The van der Waals surface area contributed by atoms with Crippen LogP contribution in [0.25, 0.3) is 5.65 Å². The summed E-state index contributed by atoms with van der Waals surface area (Å²) < 4.78 is 1.44. The number of aromatic nitrogens is 3. The Balaban J connectivity index is 2.23. The third kappa shape index (κ3) is 3.01. The molecule has 0 saturated carbocycles. The Morgan fingerprint density at radius 2 is 2.32 bits per heavy atom. The minimum absolute atomic E-state index is 0.0611. The van der Waals surface area contributed by atoms with Gasteiger partial charge in [-0.3, -0.25) is 4.79 Å². The van der Waals surface area contributed by atoms with E-state index in [1.807, 2.05) is 0 Å². The zero-order valence-electron chi connectivity index (χ0n) is 10.1. The van der Waals surface area contributed by atoms with E-state index in [1.165, 1.54) is 17.6 Å². The van der Waals surface area contributed by atoms with Crippen LogP contribution in [-0.4, -0.2) is 43.4 Å². The summed E-state index contributed by atoms with van der Waals surface area (Å²) >= 11 is 5.78. The van der Waals surface area contributed by atoms with Crippen LogP contribution >= 0.6 is 11.6 Å². The number of hydrogen-bond donors (Lipinski definition) is 3. The monoisotopic (exact) mass is 284 g/mol. The van der Waals surface area contributed by atoms with Crippen LogP contribution in [0.1, 0.15) is 18.6 Å². The largest absolute Gasteiger partial charge is 0.388 e. The molecule has 0 spiro atoms. The average Bonchev–Trinajstić information content (AvgIpc) is 2.77. The molecule has 0 aliphatic heterocycles. The van der Waals surface area contributed by atoms with Crippen molar-refractivity contribution in [2.75, 3.05) is 6.54 Å². The Morgan fingerprint density at radius 3 is 3.00 bits per heavy atom. The van der Waals surface area contributed by atoms with E-state index in [-0.39, 0.29) is 17.6 Å². The van der Waals surface area contributed by atoms with Gasteiger partial charge in [-0.25, -0.2) is 9.50 Å². The second-order valence-corrected chi connectivity index (χ2v) is 4.45. The lowest BCUT2D eigenvalue weighted by atomic mass is 10.1. The van der Waals surface area contributed by atoms with Crippen LogP contribution in [-0.2, 0) is 4.79 Å². The van der Waals surface area contributed by atoms with Gasteiger partial charge in [0, 0.05) is 25.2 Å². The van der Waals surface area contributed by atoms with Crippen molar-refractivity contribution in [3.63, 3.8) is 0 Å². The van der Waals surface area contributed by atoms with E-state index in [0.29, 0.717) is 11.2 Å². The maximum atomic E-state index is 10.8. The first-order valence-electron chi connectivity index (χ1n) is 5.59. The zero-order chi connectivity index (χ0) is 14.0. The van der Waals surface area contributed by atoms with E-state index in [9.17, 15) is 15.0 Å². The van der Waals surface area contributed by atoms with Crippen LogP contribution in [0.3, 0.4) is 0 Å². The molecule has 2 aromatic heterocycles. The van der Waals surface area contributed by atoms with Gasteiger partial charge in [0.1, 0.15) is 17.4 Å². The van der Waals surface area contributed by atoms with Gasteiger partial charge in [-0.1, -0.05) is 11.6 Å². The summed E-state index contributed by atoms with van der Waals surface area (Å²) in [6.07, 6.45) is 0.634. The minimum Gasteiger partial charge on any atom is -0.388 e. The van der Waals surface area contributed by atoms with Crippen molar-refractivity contribution in [1.29, 1.82) is 0 Å². The Morgan fingerprint density at radius 1 is 1.58 bits per heavy atom. The van der Waals surface area contributed by atoms with Crippen molar-refractivity contribution in [3.8, 4) is 0 Å². The number of halogens is 1. The fourth-order valence-electron chi connectivity index (χ4n) is 1.64. The van der Waals surface area contributed by atoms with Crippen molar-refractivity contribution in [3.05, 3.63) is 29.2 Å². The van der Waals surface area contributed by atoms with Gasteiger partial charge in [-0.2, -0.15) is 5.10 Å². The summed E-state index contributed by atoms with van der Waals surface area (Å²) in [6.45, 7) is 1.27. The number of carbonyl (C=O) groups is 1. The number of hydrogen-bond acceptors (Lipinski definition) is 5. The molecule has 2 rings (SSSR count). The van der Waals surface area contributed by atoms with Crippen LogP contribution in [0.15, 0.2) is 18.5 Å². The average molecular weight is 285 g/mol. The van der Waals surface area contributed by atoms with Crippen LogP contribution < -0.4 is 5.32 Å². The standard InChI is InChI=1S/C11H13ClN4O3/c1-6(17)13-5-8(18)10(19)7-4-14-16-3-2-9(12)15-11(7)16/h2-4,8,10,18-19H,5H2,1H3,(H,13,17). The number of nitrogens with zero attached hydrogens (tertiary/aromatic N) is 3. The molecule has 7 nitrogen and oxygen atoms in total. The van der Waals surface area contributed by atoms with Gasteiger partial charge in [0.05, 0.1) is 6.20 Å². The van der Waals surface area contributed by atoms with E-state index in [2.05, 4.69) is 15.4 Å². The van der Waals surface area contributed by atoms with E-state index < -0.39 is 12.2 Å². The second-order valence-electron chi connectivity index (χ2n) is 4.07. The van der Waals surface area contributed by atoms with Gasteiger partial charge in [-0.15, -0.1) is 0 Å². The molecule has 0 bridgehead atoms. The van der Waals surface area contributed by atoms with Gasteiger partial charge in [-0.05, 0) is 6.07 Å². The zero-order valence-corrected chi connectivity index (χ0v) is 10.9. The van der Waals surface area contributed by atoms with Crippen molar-refractivity contribution in [2.45, 2.75) is 19.1 Å². The van der Waals surface area contributed by atoms with Gasteiger partial charge in [0.15, 0.2) is 5.65 Å². The molecule has 3 N–H and O–H groups in total. The highest BCUT2D eigenvalue weighted by Crippen LogP contribution is 2.21. The molecule has 0 fully saturated rings. The maximum Gasteiger partial charge on any atom is 0.216 e. The molecule has 1 amide bonds. The molecule has 2 aromatic rings. The molecule has 0 aliphatic rings. The van der Waals surface area contributed by atoms with Gasteiger partial charge >= 0.3 is 0 Å². The van der Waals surface area contributed by atoms with E-state index in [1.54, 1.807) is 12.3 Å². The smallest absolute Gasteiger partial charge is 0.216 e. The van der Waals surface area contributed by atoms with Gasteiger partial charge in [0.25, 0.3) is 0 Å². The number of rotatable bonds is 4. The normalized spacial score (nSPS) is 14.3. The quantitative estimate of drug-likeness (QED) is 0.682. The molecule has 2 heterocycles. The summed E-state index contributed by atoms with van der Waals surface area (Å²) in [7, 11) is 0. The van der Waals surface area contributed by atoms with Crippen molar-refractivity contribution < 1.29 is 15.0 Å². The Kier molecular flexibility index (Phi) is 3.98. The topological polar surface area (TPSA) is 99.8 Å². The number of aliphatic hydroxyl groups is 2. The Hall–Kier alpha value is -1.70. The molecular weight excluding hydrogens is 272 g/mol. The molecule has 102 valence electrons. The van der Waals surface area contributed by atoms with Crippen molar-refractivity contribution >= 4 is 23.2 Å². The first-order chi connectivity index (χ1) is 8.99. The fourth-order valence-corrected chi connectivity index (χ4v) is 1.78. The fraction of sp³-hybridized carbons (Fsp3) is 0.364. The Labute approximate surface area is 113 Å². The van der Waals surface area contributed by atoms with Crippen LogP contribution in [0.4, 0.5) is 0 Å². The summed E-state index contributed by atoms with van der Waals surface area (Å²) in [6, 6.07) is 1.56. The predicted molar refractivity (Wildman–Crippen MR) is 67.6 cm³/mol. The van der Waals surface area contributed by atoms with E-state index in [4.69, 9.17) is 11.6 Å². The molecule has 0 aromatic carbocycles. The highest BCUT2D eigenvalue weighted by Gasteiger charge is 2.23. The number of fused-ring (bicyclic) bond motifs is 1. The van der Waals surface area contributed by atoms with Gasteiger partial charge < -0.3 is 15.5 Å². The Bertz CT molecular complexity index is 601. The van der Waals surface area contributed by atoms with Crippen molar-refractivity contribution in [2.24, 2.45) is 0 Å². The summed E-state index contributed by atoms with van der Waals surface area (Å²) in [5.41, 5.74) is 0.710. The number of aliphatic hydroxyl groups excluding tert-OH is 2.